The normalized spacial score (nSPS) is 16.7. The van der Waals surface area contributed by atoms with Crippen LogP contribution >= 0.6 is 0 Å². The third-order valence-electron chi connectivity index (χ3n) is 4.50. The number of carbonyl (C=O) groups is 1. The molecule has 0 bridgehead atoms. The summed E-state index contributed by atoms with van der Waals surface area (Å²) in [6.07, 6.45) is 1.64. The largest absolute Gasteiger partial charge is 0.315 e. The molecule has 0 saturated heterocycles. The van der Waals surface area contributed by atoms with E-state index in [2.05, 4.69) is 44.3 Å². The van der Waals surface area contributed by atoms with Crippen molar-refractivity contribution >= 4 is 11.6 Å². The Labute approximate surface area is 116 Å². The topological polar surface area (TPSA) is 32.3 Å². The van der Waals surface area contributed by atoms with Crippen molar-refractivity contribution in [3.05, 3.63) is 29.3 Å². The molecule has 3 nitrogen and oxygen atoms in total. The van der Waals surface area contributed by atoms with Gasteiger partial charge in [-0.2, -0.15) is 0 Å². The summed E-state index contributed by atoms with van der Waals surface area (Å²) in [4.78, 5) is 13.5. The minimum atomic E-state index is 0.183. The van der Waals surface area contributed by atoms with E-state index in [0.29, 0.717) is 12.5 Å². The third kappa shape index (κ3) is 2.39. The van der Waals surface area contributed by atoms with E-state index in [-0.39, 0.29) is 11.3 Å². The van der Waals surface area contributed by atoms with Crippen molar-refractivity contribution in [1.82, 2.24) is 5.32 Å². The molecule has 104 valence electrons. The van der Waals surface area contributed by atoms with Gasteiger partial charge in [-0.05, 0) is 36.1 Å². The van der Waals surface area contributed by atoms with Crippen LogP contribution in [0.15, 0.2) is 18.2 Å². The molecular formula is C16H24N2O. The molecule has 1 aromatic carbocycles. The van der Waals surface area contributed by atoms with E-state index < -0.39 is 0 Å². The molecule has 0 radical (unpaired) electrons. The fraction of sp³-hybridized carbons (Fsp3) is 0.562. The van der Waals surface area contributed by atoms with Crippen LogP contribution in [-0.4, -0.2) is 20.0 Å². The van der Waals surface area contributed by atoms with Gasteiger partial charge in [0.05, 0.1) is 6.42 Å². The maximum Gasteiger partial charge on any atom is 0.231 e. The Morgan fingerprint density at radius 3 is 2.68 bits per heavy atom. The summed E-state index contributed by atoms with van der Waals surface area (Å²) >= 11 is 0. The molecule has 1 aliphatic rings. The fourth-order valence-electron chi connectivity index (χ4n) is 2.88. The summed E-state index contributed by atoms with van der Waals surface area (Å²) < 4.78 is 0. The van der Waals surface area contributed by atoms with Crippen molar-refractivity contribution in [2.24, 2.45) is 5.41 Å². The summed E-state index contributed by atoms with van der Waals surface area (Å²) in [5.41, 5.74) is 3.67. The number of hydrogen-bond acceptors (Lipinski definition) is 2. The van der Waals surface area contributed by atoms with Gasteiger partial charge >= 0.3 is 0 Å². The number of nitrogens with one attached hydrogen (secondary N) is 1. The Kier molecular flexibility index (Phi) is 3.68. The van der Waals surface area contributed by atoms with Crippen LogP contribution in [0.25, 0.3) is 0 Å². The van der Waals surface area contributed by atoms with Gasteiger partial charge in [0.15, 0.2) is 0 Å². The van der Waals surface area contributed by atoms with E-state index in [1.165, 1.54) is 5.56 Å². The lowest BCUT2D eigenvalue weighted by atomic mass is 9.78. The number of hydrogen-bond donors (Lipinski definition) is 1. The number of nitrogens with zero attached hydrogens (tertiary/aromatic N) is 1. The highest BCUT2D eigenvalue weighted by Gasteiger charge is 2.30. The Morgan fingerprint density at radius 1 is 1.42 bits per heavy atom. The highest BCUT2D eigenvalue weighted by atomic mass is 16.2. The predicted octanol–water partition coefficient (Wildman–Crippen LogP) is 2.90. The monoisotopic (exact) mass is 260 g/mol. The van der Waals surface area contributed by atoms with E-state index >= 15 is 0 Å². The zero-order valence-electron chi connectivity index (χ0n) is 12.6. The minimum Gasteiger partial charge on any atom is -0.315 e. The Morgan fingerprint density at radius 2 is 2.11 bits per heavy atom. The van der Waals surface area contributed by atoms with E-state index in [9.17, 15) is 4.79 Å². The Balaban J connectivity index is 2.38. The number of likely N-dealkylation sites (N-methyl/N-ethyl adjacent to an activating group) is 1. The van der Waals surface area contributed by atoms with Crippen molar-refractivity contribution in [3.8, 4) is 0 Å². The van der Waals surface area contributed by atoms with E-state index in [1.807, 2.05) is 14.1 Å². The van der Waals surface area contributed by atoms with Crippen LogP contribution in [0.2, 0.25) is 0 Å². The van der Waals surface area contributed by atoms with E-state index in [0.717, 1.165) is 17.7 Å². The lowest BCUT2D eigenvalue weighted by Gasteiger charge is -2.34. The van der Waals surface area contributed by atoms with Crippen molar-refractivity contribution < 1.29 is 4.79 Å². The average Bonchev–Trinajstić information content (AvgIpc) is 2.65. The van der Waals surface area contributed by atoms with Gasteiger partial charge in [-0.3, -0.25) is 4.79 Å². The van der Waals surface area contributed by atoms with Gasteiger partial charge in [-0.25, -0.2) is 0 Å². The molecule has 1 amide bonds. The molecule has 0 saturated carbocycles. The maximum atomic E-state index is 11.7. The number of amides is 1. The highest BCUT2D eigenvalue weighted by molar-refractivity contribution is 6.00. The molecule has 0 aliphatic carbocycles. The van der Waals surface area contributed by atoms with Gasteiger partial charge in [0.25, 0.3) is 0 Å². The first-order valence-corrected chi connectivity index (χ1v) is 6.97. The fourth-order valence-corrected chi connectivity index (χ4v) is 2.88. The van der Waals surface area contributed by atoms with Crippen LogP contribution in [0.5, 0.6) is 0 Å². The van der Waals surface area contributed by atoms with Gasteiger partial charge in [0, 0.05) is 18.8 Å². The smallest absolute Gasteiger partial charge is 0.231 e. The number of carbonyl (C=O) groups excluding carboxylic acids is 1. The van der Waals surface area contributed by atoms with Crippen LogP contribution in [-0.2, 0) is 11.2 Å². The summed E-state index contributed by atoms with van der Waals surface area (Å²) in [6.45, 7) is 6.77. The standard InChI is InChI=1S/C16H24N2O/c1-6-16(2,3)15(17-4)11-7-8-13-12(9-11)10-14(19)18(13)5/h7-9,15,17H,6,10H2,1-5H3. The molecule has 0 spiro atoms. The number of rotatable bonds is 4. The minimum absolute atomic E-state index is 0.183. The Bertz CT molecular complexity index is 494. The van der Waals surface area contributed by atoms with Gasteiger partial charge in [-0.1, -0.05) is 32.9 Å². The molecule has 1 atom stereocenters. The van der Waals surface area contributed by atoms with Crippen molar-refractivity contribution in [3.63, 3.8) is 0 Å². The predicted molar refractivity (Wildman–Crippen MR) is 79.4 cm³/mol. The first kappa shape index (κ1) is 14.1. The van der Waals surface area contributed by atoms with Crippen LogP contribution in [0.4, 0.5) is 5.69 Å². The molecule has 0 fully saturated rings. The average molecular weight is 260 g/mol. The van der Waals surface area contributed by atoms with Crippen molar-refractivity contribution in [2.75, 3.05) is 19.0 Å². The van der Waals surface area contributed by atoms with E-state index in [1.54, 1.807) is 4.90 Å². The second-order valence-corrected chi connectivity index (χ2v) is 6.08. The van der Waals surface area contributed by atoms with Crippen LogP contribution in [0.1, 0.15) is 44.4 Å². The molecule has 1 aromatic rings. The molecule has 19 heavy (non-hydrogen) atoms. The summed E-state index contributed by atoms with van der Waals surface area (Å²) in [7, 11) is 3.85. The van der Waals surface area contributed by atoms with Gasteiger partial charge in [0.2, 0.25) is 5.91 Å². The SMILES string of the molecule is CCC(C)(C)C(NC)c1ccc2c(c1)CC(=O)N2C. The molecule has 2 rings (SSSR count). The second kappa shape index (κ2) is 4.97. The lowest BCUT2D eigenvalue weighted by Crippen LogP contribution is -2.31. The van der Waals surface area contributed by atoms with E-state index in [4.69, 9.17) is 0 Å². The Hall–Kier alpha value is -1.35. The molecule has 1 heterocycles. The lowest BCUT2D eigenvalue weighted by molar-refractivity contribution is -0.117. The third-order valence-corrected chi connectivity index (χ3v) is 4.50. The van der Waals surface area contributed by atoms with Gasteiger partial charge < -0.3 is 10.2 Å². The molecule has 1 unspecified atom stereocenters. The number of fused-ring (bicyclic) bond motifs is 1. The molecule has 1 aliphatic heterocycles. The van der Waals surface area contributed by atoms with Crippen LogP contribution in [0.3, 0.4) is 0 Å². The highest BCUT2D eigenvalue weighted by Crippen LogP contribution is 2.38. The van der Waals surface area contributed by atoms with Crippen LogP contribution < -0.4 is 10.2 Å². The molecule has 3 heteroatoms. The first-order chi connectivity index (χ1) is 8.90. The van der Waals surface area contributed by atoms with Gasteiger partial charge in [-0.15, -0.1) is 0 Å². The van der Waals surface area contributed by atoms with Crippen molar-refractivity contribution in [1.29, 1.82) is 0 Å². The summed E-state index contributed by atoms with van der Waals surface area (Å²) in [5, 5.41) is 3.42. The van der Waals surface area contributed by atoms with Gasteiger partial charge in [0.1, 0.15) is 0 Å². The number of anilines is 1. The zero-order chi connectivity index (χ0) is 14.2. The quantitative estimate of drug-likeness (QED) is 0.903. The zero-order valence-corrected chi connectivity index (χ0v) is 12.6. The first-order valence-electron chi connectivity index (χ1n) is 6.97. The molecular weight excluding hydrogens is 236 g/mol. The molecule has 0 aromatic heterocycles. The second-order valence-electron chi connectivity index (χ2n) is 6.08. The van der Waals surface area contributed by atoms with Crippen molar-refractivity contribution in [2.45, 2.75) is 39.7 Å². The van der Waals surface area contributed by atoms with Crippen LogP contribution in [0, 0.1) is 5.41 Å². The summed E-state index contributed by atoms with van der Waals surface area (Å²) in [6, 6.07) is 6.72. The number of benzene rings is 1. The molecule has 1 N–H and O–H groups in total. The maximum absolute atomic E-state index is 11.7. The summed E-state index contributed by atoms with van der Waals surface area (Å²) in [5.74, 6) is 0.183.